The molecule has 0 N–H and O–H groups in total. The lowest BCUT2D eigenvalue weighted by Gasteiger charge is -2.28. The molecule has 123 heavy (non-hydrogen) atoms. The minimum atomic E-state index is 0.432. The second-order valence-corrected chi connectivity index (χ2v) is 30.5. The standard InChI is InChI=1S/C111H69N11O/c112-70-84-62-81(96-69-95(73-33-12-2-13-34-73)114-108(115-96)74-35-14-3-15-36-74)55-58-98(84)122-99-52-29-28-51-91(99)104-106(122)102(120(88-47-24-8-25-48-88)89-49-26-9-27-50-89)68-94-90-57-53-80(67-103(90)123-107(94)104)77-41-30-42-78(61-77)83-65-93-92-64-79(72-31-10-1-11-32-72)54-60-100(92)121(105(93)101(66-83)119(86-43-20-6-21-44-86)87-45-22-7-23-46-87)97-59-56-82(63-85(97)71-113)111-117-109(75-37-16-4-17-38-75)116-110(118-111)76-39-18-5-19-40-76/h1-69H. The monoisotopic (exact) mass is 1570 g/mol. The molecule has 0 bridgehead atoms. The van der Waals surface area contributed by atoms with Gasteiger partial charge >= 0.3 is 0 Å². The van der Waals surface area contributed by atoms with Crippen LogP contribution in [0, 0.1) is 22.7 Å². The summed E-state index contributed by atoms with van der Waals surface area (Å²) in [7, 11) is 0. The number of fused-ring (bicyclic) bond motifs is 10. The Kier molecular flexibility index (Phi) is 18.0. The molecule has 5 heterocycles. The second-order valence-electron chi connectivity index (χ2n) is 30.5. The molecule has 5 aromatic heterocycles. The van der Waals surface area contributed by atoms with E-state index >= 15 is 0 Å². The van der Waals surface area contributed by atoms with Gasteiger partial charge in [-0.3, -0.25) is 0 Å². The van der Waals surface area contributed by atoms with E-state index in [2.05, 4.69) is 280 Å². The van der Waals surface area contributed by atoms with Crippen LogP contribution in [-0.4, -0.2) is 34.1 Å². The van der Waals surface area contributed by atoms with Gasteiger partial charge in [-0.05, 0) is 173 Å². The summed E-state index contributed by atoms with van der Waals surface area (Å²) in [5.41, 5.74) is 25.4. The fourth-order valence-electron chi connectivity index (χ4n) is 17.5. The molecule has 0 aliphatic carbocycles. The van der Waals surface area contributed by atoms with E-state index in [1.807, 2.05) is 170 Å². The van der Waals surface area contributed by atoms with E-state index in [9.17, 15) is 10.5 Å². The average molecular weight is 1570 g/mol. The molecule has 574 valence electrons. The van der Waals surface area contributed by atoms with Gasteiger partial charge in [0.05, 0.1) is 72.7 Å². The molecule has 0 amide bonds. The topological polar surface area (TPSA) is 142 Å². The van der Waals surface area contributed by atoms with Gasteiger partial charge in [0.1, 0.15) is 23.3 Å². The summed E-state index contributed by atoms with van der Waals surface area (Å²) in [4.78, 5) is 30.2. The highest BCUT2D eigenvalue weighted by Gasteiger charge is 2.30. The number of benzene rings is 17. The lowest BCUT2D eigenvalue weighted by atomic mass is 9.95. The summed E-state index contributed by atoms with van der Waals surface area (Å²) in [5.74, 6) is 2.09. The third kappa shape index (κ3) is 13.0. The predicted octanol–water partition coefficient (Wildman–Crippen LogP) is 28.4. The van der Waals surface area contributed by atoms with E-state index in [4.69, 9.17) is 29.3 Å². The number of nitriles is 2. The number of hydrogen-bond acceptors (Lipinski definition) is 10. The molecule has 0 aliphatic heterocycles. The molecule has 0 spiro atoms. The zero-order valence-corrected chi connectivity index (χ0v) is 66.2. The van der Waals surface area contributed by atoms with E-state index in [1.54, 1.807) is 0 Å². The van der Waals surface area contributed by atoms with Gasteiger partial charge in [-0.15, -0.1) is 0 Å². The first kappa shape index (κ1) is 72.3. The van der Waals surface area contributed by atoms with Crippen molar-refractivity contribution in [1.29, 1.82) is 10.5 Å². The summed E-state index contributed by atoms with van der Waals surface area (Å²) < 4.78 is 12.0. The van der Waals surface area contributed by atoms with Gasteiger partial charge in [0.2, 0.25) is 0 Å². The van der Waals surface area contributed by atoms with Gasteiger partial charge in [-0.1, -0.05) is 279 Å². The molecular formula is C111H69N11O. The number of hydrogen-bond donors (Lipinski definition) is 0. The largest absolute Gasteiger partial charge is 0.455 e. The molecule has 0 atom stereocenters. The molecule has 22 rings (SSSR count). The summed E-state index contributed by atoms with van der Waals surface area (Å²) in [6, 6.07) is 149. The normalized spacial score (nSPS) is 11.4. The van der Waals surface area contributed by atoms with Crippen LogP contribution in [0.1, 0.15) is 11.1 Å². The molecule has 0 saturated heterocycles. The van der Waals surface area contributed by atoms with Crippen LogP contribution in [0.3, 0.4) is 0 Å². The Morgan fingerprint density at radius 3 is 1.18 bits per heavy atom. The van der Waals surface area contributed by atoms with Gasteiger partial charge in [-0.2, -0.15) is 10.5 Å². The van der Waals surface area contributed by atoms with E-state index in [0.717, 1.165) is 161 Å². The summed E-state index contributed by atoms with van der Waals surface area (Å²) >= 11 is 0. The molecule has 17 aromatic carbocycles. The third-order valence-corrected chi connectivity index (χ3v) is 23.2. The maximum atomic E-state index is 11.7. The lowest BCUT2D eigenvalue weighted by molar-refractivity contribution is 0.673. The fourth-order valence-corrected chi connectivity index (χ4v) is 17.5. The Morgan fingerprint density at radius 2 is 0.634 bits per heavy atom. The zero-order valence-electron chi connectivity index (χ0n) is 66.2. The molecule has 0 aliphatic rings. The van der Waals surface area contributed by atoms with Crippen LogP contribution in [-0.2, 0) is 0 Å². The van der Waals surface area contributed by atoms with Crippen molar-refractivity contribution in [2.75, 3.05) is 9.80 Å². The lowest BCUT2D eigenvalue weighted by Crippen LogP contribution is -2.12. The number of furan rings is 1. The summed E-state index contributed by atoms with van der Waals surface area (Å²) in [6.45, 7) is 0. The zero-order chi connectivity index (χ0) is 81.9. The Bertz CT molecular complexity index is 7730. The van der Waals surface area contributed by atoms with Crippen molar-refractivity contribution >= 4 is 99.7 Å². The smallest absolute Gasteiger partial charge is 0.164 e. The van der Waals surface area contributed by atoms with Crippen molar-refractivity contribution in [3.05, 3.63) is 430 Å². The van der Waals surface area contributed by atoms with Crippen LogP contribution in [0.15, 0.2) is 423 Å². The molecule has 12 nitrogen and oxygen atoms in total. The van der Waals surface area contributed by atoms with E-state index in [-0.39, 0.29) is 0 Å². The van der Waals surface area contributed by atoms with Crippen LogP contribution in [0.4, 0.5) is 34.1 Å². The predicted molar refractivity (Wildman–Crippen MR) is 499 cm³/mol. The van der Waals surface area contributed by atoms with Crippen molar-refractivity contribution in [2.45, 2.75) is 0 Å². The van der Waals surface area contributed by atoms with Gasteiger partial charge in [-0.25, -0.2) is 24.9 Å². The number of nitrogens with zero attached hydrogens (tertiary/aromatic N) is 11. The Hall–Kier alpha value is -17.2. The summed E-state index contributed by atoms with van der Waals surface area (Å²) in [6.07, 6.45) is 0. The molecule has 22 aromatic rings. The summed E-state index contributed by atoms with van der Waals surface area (Å²) in [5, 5.41) is 29.1. The Balaban J connectivity index is 0.730. The van der Waals surface area contributed by atoms with Gasteiger partial charge in [0.25, 0.3) is 0 Å². The van der Waals surface area contributed by atoms with Crippen molar-refractivity contribution in [3.8, 4) is 125 Å². The molecule has 0 fully saturated rings. The maximum Gasteiger partial charge on any atom is 0.164 e. The minimum absolute atomic E-state index is 0.432. The van der Waals surface area contributed by atoms with E-state index in [0.29, 0.717) is 62.6 Å². The van der Waals surface area contributed by atoms with Crippen LogP contribution in [0.2, 0.25) is 0 Å². The maximum absolute atomic E-state index is 11.7. The molecule has 12 heteroatoms. The average Bonchev–Trinajstić information content (AvgIpc) is 1.56. The van der Waals surface area contributed by atoms with Gasteiger partial charge in [0.15, 0.2) is 23.3 Å². The quantitative estimate of drug-likeness (QED) is 0.0865. The van der Waals surface area contributed by atoms with Crippen LogP contribution in [0.25, 0.3) is 178 Å². The van der Waals surface area contributed by atoms with Crippen molar-refractivity contribution in [3.63, 3.8) is 0 Å². The molecule has 0 unspecified atom stereocenters. The van der Waals surface area contributed by atoms with Crippen molar-refractivity contribution in [1.82, 2.24) is 34.1 Å². The highest BCUT2D eigenvalue weighted by molar-refractivity contribution is 6.28. The van der Waals surface area contributed by atoms with Crippen LogP contribution < -0.4 is 9.80 Å². The Morgan fingerprint density at radius 1 is 0.244 bits per heavy atom. The van der Waals surface area contributed by atoms with E-state index in [1.165, 1.54) is 0 Å². The van der Waals surface area contributed by atoms with E-state index < -0.39 is 0 Å². The minimum Gasteiger partial charge on any atom is -0.455 e. The number of anilines is 6. The number of para-hydroxylation sites is 5. The first-order valence-electron chi connectivity index (χ1n) is 40.9. The first-order chi connectivity index (χ1) is 60.9. The first-order valence-corrected chi connectivity index (χ1v) is 40.9. The SMILES string of the molecule is N#Cc1cc(-c2nc(-c3ccccc3)nc(-c3ccccc3)n2)ccc1-n1c2ccc(-c3ccccc3)cc2c2cc(-c3cccc(-c4ccc5c(c4)oc4c5cc(N(c5ccccc5)c5ccccc5)c5c4c4ccccc4n5-c4ccc(-c5cc(-c6ccccc6)nc(-c6ccccc6)n5)cc4C#N)c3)cc(N(c3ccccc3)c3ccccc3)c21. The third-order valence-electron chi connectivity index (χ3n) is 23.2. The second kappa shape index (κ2) is 30.7. The molecule has 0 radical (unpaired) electrons. The van der Waals surface area contributed by atoms with Crippen LogP contribution >= 0.6 is 0 Å². The van der Waals surface area contributed by atoms with Gasteiger partial charge in [0, 0.05) is 83.1 Å². The Labute approximate surface area is 708 Å². The van der Waals surface area contributed by atoms with Crippen LogP contribution in [0.5, 0.6) is 0 Å². The van der Waals surface area contributed by atoms with Gasteiger partial charge < -0.3 is 23.4 Å². The highest BCUT2D eigenvalue weighted by Crippen LogP contribution is 2.52. The number of rotatable bonds is 17. The van der Waals surface area contributed by atoms with Crippen molar-refractivity contribution in [2.24, 2.45) is 0 Å². The highest BCUT2D eigenvalue weighted by atomic mass is 16.3. The van der Waals surface area contributed by atoms with Crippen molar-refractivity contribution < 1.29 is 4.42 Å². The number of aromatic nitrogens is 7. The fraction of sp³-hybridized carbons (Fsp3) is 0. The molecular weight excluding hydrogens is 1500 g/mol. The molecule has 0 saturated carbocycles.